The van der Waals surface area contributed by atoms with E-state index < -0.39 is 0 Å². The summed E-state index contributed by atoms with van der Waals surface area (Å²) in [5, 5.41) is 11.0. The molecule has 6 heteroatoms. The molecule has 0 aliphatic carbocycles. The van der Waals surface area contributed by atoms with Crippen LogP contribution in [0.25, 0.3) is 5.65 Å². The number of rotatable bonds is 6. The molecule has 0 atom stereocenters. The predicted octanol–water partition coefficient (Wildman–Crippen LogP) is 2.58. The molecule has 2 heterocycles. The maximum absolute atomic E-state index is 12.3. The van der Waals surface area contributed by atoms with Crippen LogP contribution < -0.4 is 5.32 Å². The van der Waals surface area contributed by atoms with Crippen molar-refractivity contribution in [2.24, 2.45) is 0 Å². The van der Waals surface area contributed by atoms with E-state index in [9.17, 15) is 4.79 Å². The molecule has 0 bridgehead atoms. The fourth-order valence-corrected chi connectivity index (χ4v) is 2.29. The second-order valence-electron chi connectivity index (χ2n) is 5.78. The van der Waals surface area contributed by atoms with E-state index in [1.165, 1.54) is 0 Å². The highest BCUT2D eigenvalue weighted by atomic mass is 16.5. The summed E-state index contributed by atoms with van der Waals surface area (Å²) in [6, 6.07) is 13.1. The van der Waals surface area contributed by atoms with Crippen LogP contribution in [0, 0.1) is 0 Å². The van der Waals surface area contributed by atoms with Crippen LogP contribution in [0.5, 0.6) is 0 Å². The summed E-state index contributed by atoms with van der Waals surface area (Å²) >= 11 is 0. The van der Waals surface area contributed by atoms with Crippen LogP contribution in [0.3, 0.4) is 0 Å². The van der Waals surface area contributed by atoms with Gasteiger partial charge in [-0.25, -0.2) is 0 Å². The van der Waals surface area contributed by atoms with E-state index in [1.54, 1.807) is 12.1 Å². The minimum atomic E-state index is -0.140. The zero-order chi connectivity index (χ0) is 16.9. The largest absolute Gasteiger partial charge is 0.374 e. The molecular weight excluding hydrogens is 304 g/mol. The lowest BCUT2D eigenvalue weighted by Gasteiger charge is -2.08. The number of nitrogens with one attached hydrogen (secondary N) is 1. The average Bonchev–Trinajstić information content (AvgIpc) is 3.01. The number of carbonyl (C=O) groups excluding carboxylic acids is 1. The van der Waals surface area contributed by atoms with Gasteiger partial charge in [-0.15, -0.1) is 10.2 Å². The summed E-state index contributed by atoms with van der Waals surface area (Å²) in [5.41, 5.74) is 2.41. The molecule has 0 unspecified atom stereocenters. The maximum atomic E-state index is 12.3. The smallest absolute Gasteiger partial charge is 0.251 e. The van der Waals surface area contributed by atoms with Gasteiger partial charge in [-0.05, 0) is 43.7 Å². The number of amides is 1. The SMILES string of the molecule is CC(C)OCc1ccc(C(=O)NCc2nnc3ccccn23)cc1. The summed E-state index contributed by atoms with van der Waals surface area (Å²) in [6.07, 6.45) is 2.06. The maximum Gasteiger partial charge on any atom is 0.251 e. The van der Waals surface area contributed by atoms with E-state index in [1.807, 2.05) is 54.8 Å². The normalized spacial score (nSPS) is 11.1. The lowest BCUT2D eigenvalue weighted by molar-refractivity contribution is 0.0657. The molecule has 3 rings (SSSR count). The minimum Gasteiger partial charge on any atom is -0.374 e. The van der Waals surface area contributed by atoms with Crippen molar-refractivity contribution in [2.75, 3.05) is 0 Å². The van der Waals surface area contributed by atoms with Crippen LogP contribution >= 0.6 is 0 Å². The molecule has 1 aromatic carbocycles. The Kier molecular flexibility index (Phi) is 4.86. The van der Waals surface area contributed by atoms with E-state index in [2.05, 4.69) is 15.5 Å². The molecule has 1 amide bonds. The van der Waals surface area contributed by atoms with E-state index in [0.29, 0.717) is 24.5 Å². The molecule has 0 radical (unpaired) electrons. The van der Waals surface area contributed by atoms with Crippen molar-refractivity contribution in [3.63, 3.8) is 0 Å². The third-order valence-corrected chi connectivity index (χ3v) is 3.59. The summed E-state index contributed by atoms with van der Waals surface area (Å²) in [5.74, 6) is 0.555. The van der Waals surface area contributed by atoms with Crippen molar-refractivity contribution in [3.8, 4) is 0 Å². The number of hydrogen-bond donors (Lipinski definition) is 1. The topological polar surface area (TPSA) is 68.5 Å². The van der Waals surface area contributed by atoms with Gasteiger partial charge >= 0.3 is 0 Å². The standard InChI is InChI=1S/C18H20N4O2/c1-13(2)24-12-14-6-8-15(9-7-14)18(23)19-11-17-21-20-16-5-3-4-10-22(16)17/h3-10,13H,11-12H2,1-2H3,(H,19,23). The van der Waals surface area contributed by atoms with Crippen LogP contribution in [0.1, 0.15) is 35.6 Å². The molecule has 0 saturated heterocycles. The van der Waals surface area contributed by atoms with Crippen LogP contribution in [0.4, 0.5) is 0 Å². The quantitative estimate of drug-likeness (QED) is 0.757. The fraction of sp³-hybridized carbons (Fsp3) is 0.278. The first kappa shape index (κ1) is 16.1. The van der Waals surface area contributed by atoms with Crippen LogP contribution in [0.15, 0.2) is 48.7 Å². The Bertz CT molecular complexity index is 824. The van der Waals surface area contributed by atoms with Crippen molar-refractivity contribution in [3.05, 3.63) is 65.6 Å². The Labute approximate surface area is 140 Å². The Morgan fingerprint density at radius 1 is 1.17 bits per heavy atom. The van der Waals surface area contributed by atoms with Gasteiger partial charge in [0.15, 0.2) is 11.5 Å². The lowest BCUT2D eigenvalue weighted by Crippen LogP contribution is -2.24. The molecule has 0 fully saturated rings. The number of aromatic nitrogens is 3. The summed E-state index contributed by atoms with van der Waals surface area (Å²) in [4.78, 5) is 12.3. The van der Waals surface area contributed by atoms with Gasteiger partial charge in [-0.2, -0.15) is 0 Å². The molecule has 0 saturated carbocycles. The van der Waals surface area contributed by atoms with Crippen molar-refractivity contribution in [1.82, 2.24) is 19.9 Å². The number of carbonyl (C=O) groups is 1. The van der Waals surface area contributed by atoms with Gasteiger partial charge in [0.2, 0.25) is 0 Å². The first-order valence-corrected chi connectivity index (χ1v) is 7.91. The number of ether oxygens (including phenoxy) is 1. The number of hydrogen-bond acceptors (Lipinski definition) is 4. The van der Waals surface area contributed by atoms with Crippen molar-refractivity contribution < 1.29 is 9.53 Å². The Balaban J connectivity index is 1.60. The Morgan fingerprint density at radius 3 is 2.71 bits per heavy atom. The van der Waals surface area contributed by atoms with Crippen LogP contribution in [-0.2, 0) is 17.9 Å². The summed E-state index contributed by atoms with van der Waals surface area (Å²) in [7, 11) is 0. The number of nitrogens with zero attached hydrogens (tertiary/aromatic N) is 3. The highest BCUT2D eigenvalue weighted by molar-refractivity contribution is 5.94. The first-order chi connectivity index (χ1) is 11.6. The highest BCUT2D eigenvalue weighted by Gasteiger charge is 2.09. The second kappa shape index (κ2) is 7.23. The van der Waals surface area contributed by atoms with Gasteiger partial charge in [-0.3, -0.25) is 9.20 Å². The molecule has 0 aliphatic rings. The average molecular weight is 324 g/mol. The van der Waals surface area contributed by atoms with Gasteiger partial charge < -0.3 is 10.1 Å². The third kappa shape index (κ3) is 3.78. The highest BCUT2D eigenvalue weighted by Crippen LogP contribution is 2.08. The van der Waals surface area contributed by atoms with Gasteiger partial charge in [-0.1, -0.05) is 18.2 Å². The monoisotopic (exact) mass is 324 g/mol. The third-order valence-electron chi connectivity index (χ3n) is 3.59. The van der Waals surface area contributed by atoms with Gasteiger partial charge in [0.05, 0.1) is 19.3 Å². The van der Waals surface area contributed by atoms with Gasteiger partial charge in [0.25, 0.3) is 5.91 Å². The molecule has 0 aliphatic heterocycles. The van der Waals surface area contributed by atoms with E-state index in [-0.39, 0.29) is 12.0 Å². The zero-order valence-electron chi connectivity index (χ0n) is 13.8. The van der Waals surface area contributed by atoms with E-state index >= 15 is 0 Å². The van der Waals surface area contributed by atoms with E-state index in [4.69, 9.17) is 4.74 Å². The Hall–Kier alpha value is -2.73. The van der Waals surface area contributed by atoms with Crippen LogP contribution in [0.2, 0.25) is 0 Å². The number of fused-ring (bicyclic) bond motifs is 1. The summed E-state index contributed by atoms with van der Waals surface area (Å²) in [6.45, 7) is 4.86. The molecular formula is C18H20N4O2. The molecule has 24 heavy (non-hydrogen) atoms. The van der Waals surface area contributed by atoms with Gasteiger partial charge in [0.1, 0.15) is 0 Å². The molecule has 1 N–H and O–H groups in total. The Morgan fingerprint density at radius 2 is 1.96 bits per heavy atom. The zero-order valence-corrected chi connectivity index (χ0v) is 13.8. The molecule has 6 nitrogen and oxygen atoms in total. The van der Waals surface area contributed by atoms with Crippen molar-refractivity contribution >= 4 is 11.6 Å². The molecule has 2 aromatic heterocycles. The minimum absolute atomic E-state index is 0.140. The fourth-order valence-electron chi connectivity index (χ4n) is 2.29. The van der Waals surface area contributed by atoms with Crippen molar-refractivity contribution in [2.45, 2.75) is 33.1 Å². The molecule has 3 aromatic rings. The molecule has 0 spiro atoms. The molecule has 124 valence electrons. The predicted molar refractivity (Wildman–Crippen MR) is 90.5 cm³/mol. The summed E-state index contributed by atoms with van der Waals surface area (Å²) < 4.78 is 7.40. The van der Waals surface area contributed by atoms with E-state index in [0.717, 1.165) is 11.2 Å². The van der Waals surface area contributed by atoms with Crippen molar-refractivity contribution in [1.29, 1.82) is 0 Å². The van der Waals surface area contributed by atoms with Gasteiger partial charge in [0, 0.05) is 11.8 Å². The first-order valence-electron chi connectivity index (χ1n) is 7.91. The lowest BCUT2D eigenvalue weighted by atomic mass is 10.1. The second-order valence-corrected chi connectivity index (χ2v) is 5.78. The number of benzene rings is 1. The number of pyridine rings is 1. The van der Waals surface area contributed by atoms with Crippen LogP contribution in [-0.4, -0.2) is 26.6 Å².